The van der Waals surface area contributed by atoms with Gasteiger partial charge < -0.3 is 19.2 Å². The van der Waals surface area contributed by atoms with Gasteiger partial charge in [0.25, 0.3) is 5.91 Å². The Morgan fingerprint density at radius 1 is 1.38 bits per heavy atom. The second-order valence-corrected chi connectivity index (χ2v) is 7.69. The van der Waals surface area contributed by atoms with Crippen LogP contribution < -0.4 is 10.9 Å². The van der Waals surface area contributed by atoms with Crippen LogP contribution in [-0.2, 0) is 6.54 Å². The lowest BCUT2D eigenvalue weighted by molar-refractivity contribution is 0.0784. The van der Waals surface area contributed by atoms with Crippen LogP contribution in [0.5, 0.6) is 0 Å². The summed E-state index contributed by atoms with van der Waals surface area (Å²) in [7, 11) is 1.71. The van der Waals surface area contributed by atoms with Crippen molar-refractivity contribution in [1.29, 1.82) is 0 Å². The molecule has 1 fully saturated rings. The molecule has 0 spiro atoms. The average molecular weight is 394 g/mol. The second-order valence-electron chi connectivity index (χ2n) is 7.69. The average Bonchev–Trinajstić information content (AvgIpc) is 3.15. The highest BCUT2D eigenvalue weighted by atomic mass is 16.4. The van der Waals surface area contributed by atoms with E-state index in [-0.39, 0.29) is 17.4 Å². The van der Waals surface area contributed by atoms with Crippen molar-refractivity contribution in [2.75, 3.05) is 26.7 Å². The standard InChI is InChI=1S/C22H26N4O3/c1-15-12-19(16-6-5-9-23-13-16)29-22(28)20(15)21(27)25(2)10-11-26-14-24-17-7-3-4-8-18(17)26/h3-4,7-8,12,14,16,23H,5-6,9-11,13H2,1-2H3. The number of imidazole rings is 1. The van der Waals surface area contributed by atoms with Crippen LogP contribution in [0.3, 0.4) is 0 Å². The number of fused-ring (bicyclic) bond motifs is 1. The summed E-state index contributed by atoms with van der Waals surface area (Å²) < 4.78 is 7.56. The van der Waals surface area contributed by atoms with Gasteiger partial charge in [-0.3, -0.25) is 4.79 Å². The summed E-state index contributed by atoms with van der Waals surface area (Å²) in [5.74, 6) is 0.546. The molecule has 152 valence electrons. The summed E-state index contributed by atoms with van der Waals surface area (Å²) in [6.45, 7) is 4.66. The number of carbonyl (C=O) groups excluding carboxylic acids is 1. The number of piperidine rings is 1. The van der Waals surface area contributed by atoms with Crippen LogP contribution >= 0.6 is 0 Å². The molecule has 1 aliphatic heterocycles. The fourth-order valence-electron chi connectivity index (χ4n) is 3.92. The Labute approximate surface area is 169 Å². The maximum Gasteiger partial charge on any atom is 0.349 e. The molecule has 7 nitrogen and oxygen atoms in total. The minimum atomic E-state index is -0.546. The van der Waals surface area contributed by atoms with E-state index in [0.717, 1.165) is 37.0 Å². The summed E-state index contributed by atoms with van der Waals surface area (Å²) in [6, 6.07) is 9.72. The van der Waals surface area contributed by atoms with Crippen molar-refractivity contribution >= 4 is 16.9 Å². The maximum atomic E-state index is 12.9. The number of amides is 1. The third-order valence-corrected chi connectivity index (χ3v) is 5.63. The Bertz CT molecular complexity index is 1080. The lowest BCUT2D eigenvalue weighted by Crippen LogP contribution is -2.34. The third kappa shape index (κ3) is 3.96. The first-order valence-corrected chi connectivity index (χ1v) is 10.1. The van der Waals surface area contributed by atoms with Crippen molar-refractivity contribution in [3.8, 4) is 0 Å². The van der Waals surface area contributed by atoms with Gasteiger partial charge in [-0.1, -0.05) is 12.1 Å². The molecule has 0 radical (unpaired) electrons. The third-order valence-electron chi connectivity index (χ3n) is 5.63. The summed E-state index contributed by atoms with van der Waals surface area (Å²) in [6.07, 6.45) is 3.82. The molecule has 3 aromatic rings. The fourth-order valence-corrected chi connectivity index (χ4v) is 3.92. The van der Waals surface area contributed by atoms with Crippen LogP contribution in [0.2, 0.25) is 0 Å². The van der Waals surface area contributed by atoms with Crippen LogP contribution in [0, 0.1) is 6.92 Å². The number of hydrogen-bond donors (Lipinski definition) is 1. The molecule has 1 N–H and O–H groups in total. The normalized spacial score (nSPS) is 16.8. The van der Waals surface area contributed by atoms with Gasteiger partial charge >= 0.3 is 5.63 Å². The lowest BCUT2D eigenvalue weighted by atomic mass is 9.95. The van der Waals surface area contributed by atoms with Crippen molar-refractivity contribution in [1.82, 2.24) is 19.8 Å². The minimum absolute atomic E-state index is 0.121. The van der Waals surface area contributed by atoms with E-state index in [9.17, 15) is 9.59 Å². The van der Waals surface area contributed by atoms with Gasteiger partial charge in [0.2, 0.25) is 0 Å². The van der Waals surface area contributed by atoms with Crippen LogP contribution in [0.15, 0.2) is 45.9 Å². The topological polar surface area (TPSA) is 80.4 Å². The van der Waals surface area contributed by atoms with E-state index in [0.29, 0.717) is 24.4 Å². The number of aryl methyl sites for hydroxylation is 1. The smallest absolute Gasteiger partial charge is 0.349 e. The summed E-state index contributed by atoms with van der Waals surface area (Å²) in [5.41, 5.74) is 2.19. The van der Waals surface area contributed by atoms with Crippen molar-refractivity contribution in [2.24, 2.45) is 0 Å². The molecule has 29 heavy (non-hydrogen) atoms. The fraction of sp³-hybridized carbons (Fsp3) is 0.409. The molecule has 0 saturated carbocycles. The van der Waals surface area contributed by atoms with Gasteiger partial charge in [0.1, 0.15) is 11.3 Å². The van der Waals surface area contributed by atoms with Gasteiger partial charge in [0.05, 0.1) is 17.4 Å². The van der Waals surface area contributed by atoms with Crippen molar-refractivity contribution in [3.05, 3.63) is 64.0 Å². The molecule has 3 heterocycles. The van der Waals surface area contributed by atoms with E-state index in [1.54, 1.807) is 25.2 Å². The van der Waals surface area contributed by atoms with E-state index in [2.05, 4.69) is 10.3 Å². The molecule has 1 aliphatic rings. The minimum Gasteiger partial charge on any atom is -0.427 e. The van der Waals surface area contributed by atoms with Crippen molar-refractivity contribution in [2.45, 2.75) is 32.2 Å². The molecule has 0 bridgehead atoms. The van der Waals surface area contributed by atoms with Gasteiger partial charge in [-0.15, -0.1) is 0 Å². The highest BCUT2D eigenvalue weighted by molar-refractivity contribution is 5.95. The molecule has 0 aliphatic carbocycles. The number of likely N-dealkylation sites (N-methyl/N-ethyl adjacent to an activating group) is 1. The number of nitrogens with one attached hydrogen (secondary N) is 1. The largest absolute Gasteiger partial charge is 0.427 e. The van der Waals surface area contributed by atoms with Crippen molar-refractivity contribution in [3.63, 3.8) is 0 Å². The molecule has 1 aromatic carbocycles. The van der Waals surface area contributed by atoms with Gasteiger partial charge in [0, 0.05) is 32.6 Å². The monoisotopic (exact) mass is 394 g/mol. The molecular formula is C22H26N4O3. The number of carbonyl (C=O) groups is 1. The summed E-state index contributed by atoms with van der Waals surface area (Å²) in [4.78, 5) is 31.5. The lowest BCUT2D eigenvalue weighted by Gasteiger charge is -2.22. The predicted octanol–water partition coefficient (Wildman–Crippen LogP) is 2.54. The zero-order valence-corrected chi connectivity index (χ0v) is 16.9. The first-order chi connectivity index (χ1) is 14.0. The molecular weight excluding hydrogens is 368 g/mol. The van der Waals surface area contributed by atoms with Gasteiger partial charge in [-0.25, -0.2) is 9.78 Å². The molecule has 4 rings (SSSR count). The quantitative estimate of drug-likeness (QED) is 0.719. The number of nitrogens with zero attached hydrogens (tertiary/aromatic N) is 3. The summed E-state index contributed by atoms with van der Waals surface area (Å²) in [5, 5.41) is 3.33. The van der Waals surface area contributed by atoms with Crippen LogP contribution in [0.4, 0.5) is 0 Å². The SMILES string of the molecule is Cc1cc(C2CCCNC2)oc(=O)c1C(=O)N(C)CCn1cnc2ccccc21. The maximum absolute atomic E-state index is 12.9. The number of hydrogen-bond acceptors (Lipinski definition) is 5. The van der Waals surface area contributed by atoms with E-state index >= 15 is 0 Å². The molecule has 1 saturated heterocycles. The molecule has 1 unspecified atom stereocenters. The predicted molar refractivity (Wildman–Crippen MR) is 111 cm³/mol. The Morgan fingerprint density at radius 2 is 2.21 bits per heavy atom. The number of para-hydroxylation sites is 2. The van der Waals surface area contributed by atoms with Crippen LogP contribution in [0.25, 0.3) is 11.0 Å². The van der Waals surface area contributed by atoms with Crippen LogP contribution in [0.1, 0.15) is 40.4 Å². The molecule has 7 heteroatoms. The Morgan fingerprint density at radius 3 is 2.97 bits per heavy atom. The van der Waals surface area contributed by atoms with Gasteiger partial charge in [0.15, 0.2) is 0 Å². The van der Waals surface area contributed by atoms with Gasteiger partial charge in [-0.2, -0.15) is 0 Å². The Hall–Kier alpha value is -2.93. The molecule has 1 amide bonds. The first kappa shape index (κ1) is 19.4. The second kappa shape index (κ2) is 8.21. The number of aromatic nitrogens is 2. The van der Waals surface area contributed by atoms with Crippen molar-refractivity contribution < 1.29 is 9.21 Å². The molecule has 1 atom stereocenters. The van der Waals surface area contributed by atoms with E-state index in [4.69, 9.17) is 4.42 Å². The van der Waals surface area contributed by atoms with E-state index < -0.39 is 5.63 Å². The first-order valence-electron chi connectivity index (χ1n) is 10.1. The Balaban J connectivity index is 1.48. The zero-order valence-electron chi connectivity index (χ0n) is 16.9. The zero-order chi connectivity index (χ0) is 20.4. The highest BCUT2D eigenvalue weighted by Crippen LogP contribution is 2.24. The Kier molecular flexibility index (Phi) is 5.49. The van der Waals surface area contributed by atoms with E-state index in [1.165, 1.54) is 0 Å². The van der Waals surface area contributed by atoms with Gasteiger partial charge in [-0.05, 0) is 50.1 Å². The number of rotatable bonds is 5. The highest BCUT2D eigenvalue weighted by Gasteiger charge is 2.24. The molecule has 2 aromatic heterocycles. The summed E-state index contributed by atoms with van der Waals surface area (Å²) >= 11 is 0. The number of benzene rings is 1. The van der Waals surface area contributed by atoms with E-state index in [1.807, 2.05) is 34.9 Å². The van der Waals surface area contributed by atoms with Crippen LogP contribution in [-0.4, -0.2) is 47.0 Å².